The van der Waals surface area contributed by atoms with Gasteiger partial charge in [0, 0.05) is 25.6 Å². The van der Waals surface area contributed by atoms with E-state index in [9.17, 15) is 9.18 Å². The van der Waals surface area contributed by atoms with Crippen molar-refractivity contribution in [1.29, 1.82) is 0 Å². The van der Waals surface area contributed by atoms with Gasteiger partial charge in [0.1, 0.15) is 12.8 Å². The molecule has 1 saturated carbocycles. The van der Waals surface area contributed by atoms with E-state index in [-0.39, 0.29) is 11.8 Å². The molecule has 92 valence electrons. The summed E-state index contributed by atoms with van der Waals surface area (Å²) in [4.78, 5) is 14.0. The maximum atomic E-state index is 12.6. The molecular formula is C12H20FNO2. The molecular weight excluding hydrogens is 209 g/mol. The van der Waals surface area contributed by atoms with E-state index in [2.05, 4.69) is 0 Å². The number of hydrogen-bond acceptors (Lipinski definition) is 2. The second-order valence-electron chi connectivity index (χ2n) is 4.77. The van der Waals surface area contributed by atoms with E-state index in [1.54, 1.807) is 0 Å². The largest absolute Gasteiger partial charge is 0.374 e. The predicted molar refractivity (Wildman–Crippen MR) is 58.9 cm³/mol. The fourth-order valence-electron chi connectivity index (χ4n) is 2.62. The van der Waals surface area contributed by atoms with Gasteiger partial charge in [0.2, 0.25) is 5.91 Å². The normalized spacial score (nSPS) is 28.1. The summed E-state index contributed by atoms with van der Waals surface area (Å²) in [6, 6.07) is 0. The van der Waals surface area contributed by atoms with Gasteiger partial charge >= 0.3 is 0 Å². The smallest absolute Gasteiger partial charge is 0.225 e. The Labute approximate surface area is 95.9 Å². The fraction of sp³-hybridized carbons (Fsp3) is 0.917. The van der Waals surface area contributed by atoms with Crippen LogP contribution in [0.5, 0.6) is 0 Å². The van der Waals surface area contributed by atoms with Crippen molar-refractivity contribution in [3.05, 3.63) is 0 Å². The van der Waals surface area contributed by atoms with Crippen LogP contribution in [0.25, 0.3) is 0 Å². The third-order valence-electron chi connectivity index (χ3n) is 3.54. The average molecular weight is 229 g/mol. The van der Waals surface area contributed by atoms with E-state index >= 15 is 0 Å². The molecule has 1 atom stereocenters. The molecule has 1 saturated heterocycles. The number of carbonyl (C=O) groups is 1. The van der Waals surface area contributed by atoms with Gasteiger partial charge < -0.3 is 9.64 Å². The van der Waals surface area contributed by atoms with Gasteiger partial charge in [0.15, 0.2) is 0 Å². The summed E-state index contributed by atoms with van der Waals surface area (Å²) in [6.45, 7) is 1.25. The van der Waals surface area contributed by atoms with Crippen LogP contribution in [0, 0.1) is 5.92 Å². The number of alkyl halides is 1. The molecule has 0 radical (unpaired) electrons. The second kappa shape index (κ2) is 5.62. The first-order chi connectivity index (χ1) is 7.81. The highest BCUT2D eigenvalue weighted by Crippen LogP contribution is 2.27. The molecule has 3 nitrogen and oxygen atoms in total. The molecule has 0 aromatic carbocycles. The SMILES string of the molecule is O=C(C1CCCC1)N1CCCO[C@H](CF)C1. The number of halogens is 1. The summed E-state index contributed by atoms with van der Waals surface area (Å²) in [7, 11) is 0. The zero-order valence-corrected chi connectivity index (χ0v) is 9.66. The lowest BCUT2D eigenvalue weighted by molar-refractivity contribution is -0.136. The molecule has 2 aliphatic rings. The number of amides is 1. The fourth-order valence-corrected chi connectivity index (χ4v) is 2.62. The topological polar surface area (TPSA) is 29.5 Å². The summed E-state index contributed by atoms with van der Waals surface area (Å²) >= 11 is 0. The quantitative estimate of drug-likeness (QED) is 0.722. The van der Waals surface area contributed by atoms with Gasteiger partial charge in [-0.3, -0.25) is 4.79 Å². The van der Waals surface area contributed by atoms with Gasteiger partial charge in [-0.1, -0.05) is 12.8 Å². The molecule has 0 aromatic heterocycles. The molecule has 0 bridgehead atoms. The maximum absolute atomic E-state index is 12.6. The number of carbonyl (C=O) groups excluding carboxylic acids is 1. The molecule has 2 rings (SSSR count). The van der Waals surface area contributed by atoms with Crippen molar-refractivity contribution >= 4 is 5.91 Å². The van der Waals surface area contributed by atoms with Gasteiger partial charge in [0.05, 0.1) is 0 Å². The molecule has 1 aliphatic heterocycles. The minimum atomic E-state index is -0.492. The number of nitrogens with zero attached hydrogens (tertiary/aromatic N) is 1. The van der Waals surface area contributed by atoms with E-state index in [1.807, 2.05) is 4.90 Å². The number of rotatable bonds is 2. The Kier molecular flexibility index (Phi) is 4.16. The maximum Gasteiger partial charge on any atom is 0.225 e. The minimum absolute atomic E-state index is 0.193. The molecule has 0 aromatic rings. The highest BCUT2D eigenvalue weighted by atomic mass is 19.1. The van der Waals surface area contributed by atoms with Crippen LogP contribution < -0.4 is 0 Å². The predicted octanol–water partition coefficient (Wildman–Crippen LogP) is 1.76. The second-order valence-corrected chi connectivity index (χ2v) is 4.77. The molecule has 4 heteroatoms. The van der Waals surface area contributed by atoms with E-state index in [1.165, 1.54) is 0 Å². The highest BCUT2D eigenvalue weighted by molar-refractivity contribution is 5.79. The third-order valence-corrected chi connectivity index (χ3v) is 3.54. The molecule has 2 fully saturated rings. The lowest BCUT2D eigenvalue weighted by Crippen LogP contribution is -2.40. The van der Waals surface area contributed by atoms with E-state index < -0.39 is 12.8 Å². The summed E-state index contributed by atoms with van der Waals surface area (Å²) < 4.78 is 17.9. The van der Waals surface area contributed by atoms with E-state index in [4.69, 9.17) is 4.74 Å². The number of hydrogen-bond donors (Lipinski definition) is 0. The Morgan fingerprint density at radius 2 is 2.06 bits per heavy atom. The summed E-state index contributed by atoms with van der Waals surface area (Å²) in [5.41, 5.74) is 0. The van der Waals surface area contributed by atoms with Crippen LogP contribution in [-0.2, 0) is 9.53 Å². The Bertz CT molecular complexity index is 241. The molecule has 1 aliphatic carbocycles. The van der Waals surface area contributed by atoms with E-state index in [0.29, 0.717) is 13.2 Å². The number of ether oxygens (including phenoxy) is 1. The van der Waals surface area contributed by atoms with Gasteiger partial charge in [-0.25, -0.2) is 4.39 Å². The average Bonchev–Trinajstić information content (AvgIpc) is 2.73. The van der Waals surface area contributed by atoms with E-state index in [0.717, 1.165) is 38.6 Å². The van der Waals surface area contributed by atoms with Crippen molar-refractivity contribution in [2.45, 2.75) is 38.2 Å². The zero-order chi connectivity index (χ0) is 11.4. The highest BCUT2D eigenvalue weighted by Gasteiger charge is 2.29. The standard InChI is InChI=1S/C12H20FNO2/c13-8-11-9-14(6-3-7-16-11)12(15)10-4-1-2-5-10/h10-11H,1-9H2/t11-/m1/s1. The molecule has 0 N–H and O–H groups in total. The van der Waals surface area contributed by atoms with Crippen LogP contribution in [-0.4, -0.2) is 43.3 Å². The molecule has 0 spiro atoms. The van der Waals surface area contributed by atoms with Gasteiger partial charge in [-0.05, 0) is 19.3 Å². The first-order valence-corrected chi connectivity index (χ1v) is 6.27. The van der Waals surface area contributed by atoms with Crippen molar-refractivity contribution in [3.63, 3.8) is 0 Å². The Morgan fingerprint density at radius 1 is 1.31 bits per heavy atom. The molecule has 1 heterocycles. The van der Waals surface area contributed by atoms with Crippen molar-refractivity contribution in [3.8, 4) is 0 Å². The van der Waals surface area contributed by atoms with Crippen molar-refractivity contribution in [2.75, 3.05) is 26.4 Å². The first-order valence-electron chi connectivity index (χ1n) is 6.27. The lowest BCUT2D eigenvalue weighted by atomic mass is 10.1. The van der Waals surface area contributed by atoms with Crippen LogP contribution in [0.2, 0.25) is 0 Å². The van der Waals surface area contributed by atoms with Crippen molar-refractivity contribution in [1.82, 2.24) is 4.90 Å². The lowest BCUT2D eigenvalue weighted by Gasteiger charge is -2.25. The molecule has 1 amide bonds. The Morgan fingerprint density at radius 3 is 2.75 bits per heavy atom. The molecule has 0 unspecified atom stereocenters. The third kappa shape index (κ3) is 2.73. The Hall–Kier alpha value is -0.640. The van der Waals surface area contributed by atoms with Crippen LogP contribution >= 0.6 is 0 Å². The van der Waals surface area contributed by atoms with Crippen LogP contribution in [0.3, 0.4) is 0 Å². The van der Waals surface area contributed by atoms with Crippen molar-refractivity contribution in [2.24, 2.45) is 5.92 Å². The minimum Gasteiger partial charge on any atom is -0.374 e. The summed E-state index contributed by atoms with van der Waals surface area (Å²) in [6.07, 6.45) is 4.76. The Balaban J connectivity index is 1.92. The monoisotopic (exact) mass is 229 g/mol. The van der Waals surface area contributed by atoms with Gasteiger partial charge in [-0.15, -0.1) is 0 Å². The van der Waals surface area contributed by atoms with Crippen LogP contribution in [0.15, 0.2) is 0 Å². The van der Waals surface area contributed by atoms with Crippen LogP contribution in [0.4, 0.5) is 4.39 Å². The first kappa shape index (κ1) is 11.8. The van der Waals surface area contributed by atoms with Gasteiger partial charge in [0.25, 0.3) is 0 Å². The summed E-state index contributed by atoms with van der Waals surface area (Å²) in [5.74, 6) is 0.416. The zero-order valence-electron chi connectivity index (χ0n) is 9.66. The van der Waals surface area contributed by atoms with Crippen molar-refractivity contribution < 1.29 is 13.9 Å². The molecule has 16 heavy (non-hydrogen) atoms. The van der Waals surface area contributed by atoms with Crippen LogP contribution in [0.1, 0.15) is 32.1 Å². The van der Waals surface area contributed by atoms with Gasteiger partial charge in [-0.2, -0.15) is 0 Å². The summed E-state index contributed by atoms with van der Waals surface area (Å²) in [5, 5.41) is 0.